The number of carbonyl (C=O) groups is 1. The molecule has 0 aliphatic carbocycles. The predicted molar refractivity (Wildman–Crippen MR) is 123 cm³/mol. The fourth-order valence-corrected chi connectivity index (χ4v) is 4.58. The van der Waals surface area contributed by atoms with Crippen LogP contribution in [0.25, 0.3) is 0 Å². The van der Waals surface area contributed by atoms with Crippen molar-refractivity contribution in [3.05, 3.63) is 87.4 Å². The number of non-ortho nitro benzene ring substituents is 1. The van der Waals surface area contributed by atoms with Crippen LogP contribution in [0.15, 0.2) is 82.2 Å². The minimum Gasteiger partial charge on any atom is -0.495 e. The van der Waals surface area contributed by atoms with Gasteiger partial charge in [0.15, 0.2) is 0 Å². The minimum absolute atomic E-state index is 0.0173. The number of hydrogen-bond donors (Lipinski definition) is 1. The maximum Gasteiger partial charge on any atom is 0.271 e. The summed E-state index contributed by atoms with van der Waals surface area (Å²) in [6.07, 6.45) is 0. The first-order valence-corrected chi connectivity index (χ1v) is 11.4. The van der Waals surface area contributed by atoms with Crippen LogP contribution >= 0.6 is 15.9 Å². The molecule has 0 heterocycles. The van der Waals surface area contributed by atoms with Crippen LogP contribution in [-0.2, 0) is 14.8 Å². The molecule has 3 aromatic carbocycles. The van der Waals surface area contributed by atoms with Gasteiger partial charge < -0.3 is 10.1 Å². The van der Waals surface area contributed by atoms with Gasteiger partial charge in [0.05, 0.1) is 28.3 Å². The molecule has 0 aromatic heterocycles. The number of anilines is 2. The number of carbonyl (C=O) groups excluding carboxylic acids is 1. The van der Waals surface area contributed by atoms with E-state index >= 15 is 0 Å². The van der Waals surface area contributed by atoms with Crippen LogP contribution in [0.3, 0.4) is 0 Å². The molecule has 166 valence electrons. The average molecular weight is 520 g/mol. The molecular weight excluding hydrogens is 502 g/mol. The normalized spacial score (nSPS) is 10.9. The SMILES string of the molecule is COc1ccc([N+](=O)[O-])cc1NC(=O)CN(c1ccc(Br)cc1)S(=O)(=O)c1ccccc1. The van der Waals surface area contributed by atoms with E-state index in [0.717, 1.165) is 14.8 Å². The van der Waals surface area contributed by atoms with Crippen molar-refractivity contribution in [2.24, 2.45) is 0 Å². The topological polar surface area (TPSA) is 119 Å². The Morgan fingerprint density at radius 2 is 1.75 bits per heavy atom. The third kappa shape index (κ3) is 5.24. The number of sulfonamides is 1. The number of methoxy groups -OCH3 is 1. The molecule has 32 heavy (non-hydrogen) atoms. The highest BCUT2D eigenvalue weighted by atomic mass is 79.9. The molecule has 0 spiro atoms. The summed E-state index contributed by atoms with van der Waals surface area (Å²) in [5.41, 5.74) is 0.0838. The maximum absolute atomic E-state index is 13.3. The number of ether oxygens (including phenoxy) is 1. The quantitative estimate of drug-likeness (QED) is 0.351. The second kappa shape index (κ2) is 9.79. The lowest BCUT2D eigenvalue weighted by Gasteiger charge is -2.24. The molecule has 0 bridgehead atoms. The number of amides is 1. The number of benzene rings is 3. The molecule has 1 N–H and O–H groups in total. The van der Waals surface area contributed by atoms with Crippen LogP contribution in [0.2, 0.25) is 0 Å². The van der Waals surface area contributed by atoms with Gasteiger partial charge in [0.2, 0.25) is 5.91 Å². The maximum atomic E-state index is 13.3. The van der Waals surface area contributed by atoms with Gasteiger partial charge in [-0.1, -0.05) is 34.1 Å². The molecule has 0 aliphatic rings. The second-order valence-corrected chi connectivity index (χ2v) is 9.27. The molecule has 3 rings (SSSR count). The Labute approximate surface area is 193 Å². The van der Waals surface area contributed by atoms with E-state index in [2.05, 4.69) is 21.2 Å². The van der Waals surface area contributed by atoms with Crippen molar-refractivity contribution in [3.8, 4) is 5.75 Å². The van der Waals surface area contributed by atoms with Crippen LogP contribution in [-0.4, -0.2) is 32.9 Å². The molecule has 0 unspecified atom stereocenters. The first-order chi connectivity index (χ1) is 15.2. The monoisotopic (exact) mass is 519 g/mol. The van der Waals surface area contributed by atoms with Gasteiger partial charge in [-0.2, -0.15) is 0 Å². The van der Waals surface area contributed by atoms with E-state index in [1.54, 1.807) is 42.5 Å². The highest BCUT2D eigenvalue weighted by Gasteiger charge is 2.27. The molecule has 0 saturated carbocycles. The van der Waals surface area contributed by atoms with Crippen molar-refractivity contribution in [2.45, 2.75) is 4.90 Å². The second-order valence-electron chi connectivity index (χ2n) is 6.49. The summed E-state index contributed by atoms with van der Waals surface area (Å²) in [6, 6.07) is 17.9. The van der Waals surface area contributed by atoms with Gasteiger partial charge in [-0.25, -0.2) is 8.42 Å². The first-order valence-electron chi connectivity index (χ1n) is 9.18. The number of nitrogens with zero attached hydrogens (tertiary/aromatic N) is 2. The summed E-state index contributed by atoms with van der Waals surface area (Å²) >= 11 is 3.30. The van der Waals surface area contributed by atoms with Crippen LogP contribution in [0.4, 0.5) is 17.1 Å². The lowest BCUT2D eigenvalue weighted by atomic mass is 10.2. The van der Waals surface area contributed by atoms with Gasteiger partial charge in [-0.3, -0.25) is 19.2 Å². The summed E-state index contributed by atoms with van der Waals surface area (Å²) in [7, 11) is -2.72. The van der Waals surface area contributed by atoms with Crippen molar-refractivity contribution in [1.82, 2.24) is 0 Å². The van der Waals surface area contributed by atoms with Gasteiger partial charge in [0, 0.05) is 16.6 Å². The van der Waals surface area contributed by atoms with E-state index < -0.39 is 27.4 Å². The zero-order valence-corrected chi connectivity index (χ0v) is 19.2. The fourth-order valence-electron chi connectivity index (χ4n) is 2.87. The van der Waals surface area contributed by atoms with Crippen molar-refractivity contribution in [1.29, 1.82) is 0 Å². The van der Waals surface area contributed by atoms with Crippen LogP contribution in [0.5, 0.6) is 5.75 Å². The number of halogens is 1. The van der Waals surface area contributed by atoms with Gasteiger partial charge in [-0.15, -0.1) is 0 Å². The number of nitrogens with one attached hydrogen (secondary N) is 1. The summed E-state index contributed by atoms with van der Waals surface area (Å²) in [4.78, 5) is 23.3. The van der Waals surface area contributed by atoms with Crippen molar-refractivity contribution in [3.63, 3.8) is 0 Å². The van der Waals surface area contributed by atoms with Crippen LogP contribution in [0.1, 0.15) is 0 Å². The lowest BCUT2D eigenvalue weighted by molar-refractivity contribution is -0.384. The standard InChI is InChI=1S/C21H18BrN3O6S/c1-31-20-12-11-17(25(27)28)13-19(20)23-21(26)14-24(16-9-7-15(22)8-10-16)32(29,30)18-5-3-2-4-6-18/h2-13H,14H2,1H3,(H,23,26). The summed E-state index contributed by atoms with van der Waals surface area (Å²) in [5.74, 6) is -0.503. The zero-order chi connectivity index (χ0) is 23.3. The fraction of sp³-hybridized carbons (Fsp3) is 0.0952. The third-order valence-corrected chi connectivity index (χ3v) is 6.72. The van der Waals surface area contributed by atoms with Gasteiger partial charge in [0.1, 0.15) is 12.3 Å². The Hall–Kier alpha value is -3.44. The van der Waals surface area contributed by atoms with Gasteiger partial charge >= 0.3 is 0 Å². The number of hydrogen-bond acceptors (Lipinski definition) is 6. The molecule has 3 aromatic rings. The summed E-state index contributed by atoms with van der Waals surface area (Å²) in [6.45, 7) is -0.565. The highest BCUT2D eigenvalue weighted by molar-refractivity contribution is 9.10. The Morgan fingerprint density at radius 3 is 2.34 bits per heavy atom. The van der Waals surface area contributed by atoms with E-state index in [4.69, 9.17) is 4.74 Å². The summed E-state index contributed by atoms with van der Waals surface area (Å²) < 4.78 is 33.4. The molecule has 0 atom stereocenters. The molecular formula is C21H18BrN3O6S. The Morgan fingerprint density at radius 1 is 1.09 bits per heavy atom. The molecule has 9 nitrogen and oxygen atoms in total. The average Bonchev–Trinajstić information content (AvgIpc) is 2.78. The van der Waals surface area contributed by atoms with Gasteiger partial charge in [0.25, 0.3) is 15.7 Å². The highest BCUT2D eigenvalue weighted by Crippen LogP contribution is 2.30. The Balaban J connectivity index is 1.95. The number of rotatable bonds is 8. The number of nitro benzene ring substituents is 1. The third-order valence-electron chi connectivity index (χ3n) is 4.40. The Bertz CT molecular complexity index is 1230. The first kappa shape index (κ1) is 23.2. The lowest BCUT2D eigenvalue weighted by Crippen LogP contribution is -2.38. The molecule has 0 saturated heterocycles. The van der Waals surface area contributed by atoms with E-state index in [1.165, 1.54) is 31.4 Å². The molecule has 11 heteroatoms. The Kier molecular flexibility index (Phi) is 7.11. The molecule has 0 fully saturated rings. The molecule has 0 radical (unpaired) electrons. The van der Waals surface area contributed by atoms with E-state index in [1.807, 2.05) is 0 Å². The molecule has 1 amide bonds. The smallest absolute Gasteiger partial charge is 0.271 e. The van der Waals surface area contributed by atoms with Crippen LogP contribution in [0, 0.1) is 10.1 Å². The van der Waals surface area contributed by atoms with Crippen molar-refractivity contribution in [2.75, 3.05) is 23.3 Å². The molecule has 0 aliphatic heterocycles. The zero-order valence-electron chi connectivity index (χ0n) is 16.8. The largest absolute Gasteiger partial charge is 0.495 e. The van der Waals surface area contributed by atoms with Crippen molar-refractivity contribution >= 4 is 48.9 Å². The van der Waals surface area contributed by atoms with E-state index in [9.17, 15) is 23.3 Å². The van der Waals surface area contributed by atoms with Gasteiger partial charge in [-0.05, 0) is 42.5 Å². The summed E-state index contributed by atoms with van der Waals surface area (Å²) in [5, 5.41) is 13.6. The minimum atomic E-state index is -4.07. The number of nitro groups is 1. The predicted octanol–water partition coefficient (Wildman–Crippen LogP) is 4.20. The van der Waals surface area contributed by atoms with Crippen molar-refractivity contribution < 1.29 is 22.9 Å². The van der Waals surface area contributed by atoms with Crippen LogP contribution < -0.4 is 14.4 Å². The van der Waals surface area contributed by atoms with E-state index in [-0.39, 0.29) is 27.7 Å². The van der Waals surface area contributed by atoms with E-state index in [0.29, 0.717) is 0 Å².